The number of carbonyl (C=O) groups excluding carboxylic acids is 1. The maximum absolute atomic E-state index is 12.2. The molecule has 6 nitrogen and oxygen atoms in total. The Bertz CT molecular complexity index is 759. The van der Waals surface area contributed by atoms with E-state index in [9.17, 15) is 14.9 Å². The number of nitro benzene ring substituents is 1. The summed E-state index contributed by atoms with van der Waals surface area (Å²) in [6.45, 7) is 6.63. The van der Waals surface area contributed by atoms with Gasteiger partial charge >= 0.3 is 5.97 Å². The maximum Gasteiger partial charge on any atom is 0.365 e. The minimum absolute atomic E-state index is 0.0229. The normalized spacial score (nSPS) is 29.0. The quantitative estimate of drug-likeness (QED) is 0.453. The highest BCUT2D eigenvalue weighted by molar-refractivity contribution is 6.32. The van der Waals surface area contributed by atoms with Crippen LogP contribution in [0.5, 0.6) is 0 Å². The Kier molecular flexibility index (Phi) is 3.91. The van der Waals surface area contributed by atoms with E-state index in [-0.39, 0.29) is 27.1 Å². The molecule has 2 aliphatic carbocycles. The summed E-state index contributed by atoms with van der Waals surface area (Å²) in [7, 11) is 0. The third-order valence-electron chi connectivity index (χ3n) is 6.13. The van der Waals surface area contributed by atoms with Crippen LogP contribution in [0.1, 0.15) is 50.4 Å². The van der Waals surface area contributed by atoms with Gasteiger partial charge in [0.05, 0.1) is 16.2 Å². The summed E-state index contributed by atoms with van der Waals surface area (Å²) < 4.78 is 0. The third kappa shape index (κ3) is 2.40. The number of rotatable bonds is 3. The molecule has 0 amide bonds. The van der Waals surface area contributed by atoms with Gasteiger partial charge < -0.3 is 4.84 Å². The largest absolute Gasteiger partial charge is 0.365 e. The van der Waals surface area contributed by atoms with Gasteiger partial charge in [0.1, 0.15) is 5.02 Å². The molecule has 0 spiro atoms. The molecule has 0 unspecified atom stereocenters. The highest BCUT2D eigenvalue weighted by Gasteiger charge is 2.60. The molecule has 0 N–H and O–H groups in total. The monoisotopic (exact) mass is 350 g/mol. The third-order valence-corrected chi connectivity index (χ3v) is 6.45. The number of benzene rings is 1. The Balaban J connectivity index is 1.80. The van der Waals surface area contributed by atoms with Crippen molar-refractivity contribution in [2.45, 2.75) is 40.0 Å². The van der Waals surface area contributed by atoms with Gasteiger partial charge in [-0.1, -0.05) is 37.5 Å². The van der Waals surface area contributed by atoms with Crippen molar-refractivity contribution in [3.05, 3.63) is 38.9 Å². The molecule has 1 aromatic rings. The molecule has 0 aromatic heterocycles. The maximum atomic E-state index is 12.2. The Morgan fingerprint density at radius 3 is 2.67 bits per heavy atom. The van der Waals surface area contributed by atoms with E-state index in [1.807, 2.05) is 0 Å². The molecule has 2 bridgehead atoms. The first-order valence-corrected chi connectivity index (χ1v) is 8.27. The van der Waals surface area contributed by atoms with Gasteiger partial charge in [-0.2, -0.15) is 0 Å². The molecular weight excluding hydrogens is 332 g/mol. The highest BCUT2D eigenvalue weighted by Crippen LogP contribution is 2.64. The minimum atomic E-state index is -0.716. The lowest BCUT2D eigenvalue weighted by molar-refractivity contribution is -0.384. The number of hydrogen-bond acceptors (Lipinski definition) is 5. The van der Waals surface area contributed by atoms with Gasteiger partial charge in [0.2, 0.25) is 0 Å². The highest BCUT2D eigenvalue weighted by atomic mass is 35.5. The minimum Gasteiger partial charge on any atom is -0.313 e. The van der Waals surface area contributed by atoms with Gasteiger partial charge in [-0.05, 0) is 42.7 Å². The van der Waals surface area contributed by atoms with Gasteiger partial charge in [-0.15, -0.1) is 0 Å². The zero-order valence-corrected chi connectivity index (χ0v) is 14.6. The molecule has 0 heterocycles. The summed E-state index contributed by atoms with van der Waals surface area (Å²) in [5.41, 5.74) is 0.705. The van der Waals surface area contributed by atoms with E-state index in [1.165, 1.54) is 18.6 Å². The topological polar surface area (TPSA) is 81.8 Å². The Morgan fingerprint density at radius 2 is 2.12 bits per heavy atom. The Hall–Kier alpha value is -1.95. The zero-order chi connectivity index (χ0) is 17.7. The molecule has 128 valence electrons. The average Bonchev–Trinajstić information content (AvgIpc) is 2.85. The van der Waals surface area contributed by atoms with E-state index in [1.54, 1.807) is 0 Å². The van der Waals surface area contributed by atoms with Crippen LogP contribution in [-0.4, -0.2) is 16.6 Å². The van der Waals surface area contributed by atoms with Crippen molar-refractivity contribution in [2.24, 2.45) is 21.9 Å². The summed E-state index contributed by atoms with van der Waals surface area (Å²) in [6.07, 6.45) is 3.03. The van der Waals surface area contributed by atoms with Gasteiger partial charge in [-0.25, -0.2) is 4.79 Å². The SMILES string of the molecule is CC1(C)[C@H]2CC[C@@]1(C)/C(=N\OC(=O)c1ccc(Cl)c([N+](=O)[O-])c1)C2. The lowest BCUT2D eigenvalue weighted by Gasteiger charge is -2.34. The molecule has 2 aliphatic rings. The van der Waals surface area contributed by atoms with Crippen LogP contribution in [0, 0.1) is 26.9 Å². The van der Waals surface area contributed by atoms with Crippen molar-refractivity contribution in [2.75, 3.05) is 0 Å². The second-order valence-corrected chi connectivity index (χ2v) is 7.74. The van der Waals surface area contributed by atoms with Crippen LogP contribution < -0.4 is 0 Å². The predicted molar refractivity (Wildman–Crippen MR) is 90.2 cm³/mol. The summed E-state index contributed by atoms with van der Waals surface area (Å²) >= 11 is 5.75. The van der Waals surface area contributed by atoms with Crippen molar-refractivity contribution in [1.82, 2.24) is 0 Å². The average molecular weight is 351 g/mol. The van der Waals surface area contributed by atoms with Gasteiger partial charge in [-0.3, -0.25) is 10.1 Å². The summed E-state index contributed by atoms with van der Waals surface area (Å²) in [6, 6.07) is 3.81. The van der Waals surface area contributed by atoms with E-state index in [0.717, 1.165) is 24.6 Å². The second kappa shape index (κ2) is 5.55. The van der Waals surface area contributed by atoms with Gasteiger partial charge in [0.15, 0.2) is 0 Å². The number of carbonyl (C=O) groups is 1. The lowest BCUT2D eigenvalue weighted by atomic mass is 9.70. The van der Waals surface area contributed by atoms with E-state index in [4.69, 9.17) is 16.4 Å². The van der Waals surface area contributed by atoms with Crippen LogP contribution >= 0.6 is 11.6 Å². The van der Waals surface area contributed by atoms with Gasteiger partial charge in [0.25, 0.3) is 5.69 Å². The van der Waals surface area contributed by atoms with E-state index < -0.39 is 10.9 Å². The summed E-state index contributed by atoms with van der Waals surface area (Å²) in [5.74, 6) is -0.164. The molecule has 1 aromatic carbocycles. The molecule has 0 radical (unpaired) electrons. The predicted octanol–water partition coefficient (Wildman–Crippen LogP) is 4.61. The van der Waals surface area contributed by atoms with E-state index in [0.29, 0.717) is 5.92 Å². The van der Waals surface area contributed by atoms with Crippen LogP contribution in [0.15, 0.2) is 23.4 Å². The Labute approximate surface area is 145 Å². The standard InChI is InChI=1S/C17H19ClN2O4/c1-16(2)11-6-7-17(16,3)14(9-11)19-24-15(21)10-4-5-12(18)13(8-10)20(22)23/h4-5,8,11H,6-7,9H2,1-3H3/b19-14-/t11-,17-/m0/s1. The van der Waals surface area contributed by atoms with Crippen LogP contribution in [0.4, 0.5) is 5.69 Å². The molecule has 2 fully saturated rings. The molecule has 2 saturated carbocycles. The second-order valence-electron chi connectivity index (χ2n) is 7.33. The molecule has 3 rings (SSSR count). The number of nitro groups is 1. The first-order chi connectivity index (χ1) is 11.2. The van der Waals surface area contributed by atoms with Crippen molar-refractivity contribution in [1.29, 1.82) is 0 Å². The van der Waals surface area contributed by atoms with Crippen LogP contribution in [0.3, 0.4) is 0 Å². The van der Waals surface area contributed by atoms with E-state index in [2.05, 4.69) is 25.9 Å². The molecule has 0 aliphatic heterocycles. The Morgan fingerprint density at radius 1 is 1.42 bits per heavy atom. The fourth-order valence-corrected chi connectivity index (χ4v) is 4.18. The lowest BCUT2D eigenvalue weighted by Crippen LogP contribution is -2.32. The fraction of sp³-hybridized carbons (Fsp3) is 0.529. The molecular formula is C17H19ClN2O4. The first kappa shape index (κ1) is 16.9. The summed E-state index contributed by atoms with van der Waals surface area (Å²) in [4.78, 5) is 27.5. The number of fused-ring (bicyclic) bond motifs is 2. The summed E-state index contributed by atoms with van der Waals surface area (Å²) in [5, 5.41) is 15.0. The van der Waals surface area contributed by atoms with Crippen molar-refractivity contribution in [3.63, 3.8) is 0 Å². The van der Waals surface area contributed by atoms with Crippen molar-refractivity contribution >= 4 is 29.0 Å². The molecule has 24 heavy (non-hydrogen) atoms. The van der Waals surface area contributed by atoms with Crippen LogP contribution in [-0.2, 0) is 4.84 Å². The molecule has 2 atom stereocenters. The van der Waals surface area contributed by atoms with E-state index >= 15 is 0 Å². The number of nitrogens with zero attached hydrogens (tertiary/aromatic N) is 2. The zero-order valence-electron chi connectivity index (χ0n) is 13.8. The number of oxime groups is 1. The molecule has 0 saturated heterocycles. The first-order valence-electron chi connectivity index (χ1n) is 7.89. The number of hydrogen-bond donors (Lipinski definition) is 0. The van der Waals surface area contributed by atoms with Crippen LogP contribution in [0.2, 0.25) is 5.02 Å². The van der Waals surface area contributed by atoms with Crippen LogP contribution in [0.25, 0.3) is 0 Å². The number of halogens is 1. The molecule has 7 heteroatoms. The van der Waals surface area contributed by atoms with Crippen molar-refractivity contribution < 1.29 is 14.6 Å². The fourth-order valence-electron chi connectivity index (χ4n) is 4.00. The van der Waals surface area contributed by atoms with Crippen molar-refractivity contribution in [3.8, 4) is 0 Å². The smallest absolute Gasteiger partial charge is 0.313 e. The van der Waals surface area contributed by atoms with Gasteiger partial charge in [0, 0.05) is 11.5 Å².